The highest BCUT2D eigenvalue weighted by Crippen LogP contribution is 2.33. The molecule has 0 saturated heterocycles. The molecule has 0 fully saturated rings. The topological polar surface area (TPSA) is 93.2 Å². The molecule has 0 aliphatic heterocycles. The van der Waals surface area contributed by atoms with Crippen LogP contribution >= 0.6 is 0 Å². The molecule has 1 unspecified atom stereocenters. The summed E-state index contributed by atoms with van der Waals surface area (Å²) in [6.45, 7) is 5.70. The molecule has 6 nitrogen and oxygen atoms in total. The van der Waals surface area contributed by atoms with Crippen molar-refractivity contribution in [2.45, 2.75) is 27.2 Å². The maximum absolute atomic E-state index is 12.5. The van der Waals surface area contributed by atoms with Gasteiger partial charge in [0.25, 0.3) is 0 Å². The van der Waals surface area contributed by atoms with E-state index in [-0.39, 0.29) is 29.5 Å². The lowest BCUT2D eigenvalue weighted by atomic mass is 9.90. The second-order valence-corrected chi connectivity index (χ2v) is 5.02. The van der Waals surface area contributed by atoms with E-state index in [0.29, 0.717) is 6.42 Å². The van der Waals surface area contributed by atoms with Gasteiger partial charge in [0.2, 0.25) is 5.75 Å². The van der Waals surface area contributed by atoms with Gasteiger partial charge < -0.3 is 4.74 Å². The molecule has 0 N–H and O–H groups in total. The van der Waals surface area contributed by atoms with Gasteiger partial charge in [0, 0.05) is 6.07 Å². The highest BCUT2D eigenvalue weighted by Gasteiger charge is 2.28. The van der Waals surface area contributed by atoms with E-state index in [2.05, 4.69) is 0 Å². The van der Waals surface area contributed by atoms with Crippen LogP contribution in [0.3, 0.4) is 0 Å². The number of para-hydroxylation sites is 1. The summed E-state index contributed by atoms with van der Waals surface area (Å²) in [7, 11) is 0. The van der Waals surface area contributed by atoms with Gasteiger partial charge in [-0.25, -0.2) is 0 Å². The van der Waals surface area contributed by atoms with Crippen molar-refractivity contribution < 1.29 is 14.5 Å². The van der Waals surface area contributed by atoms with Crippen LogP contribution in [0.25, 0.3) is 0 Å². The monoisotopic (exact) mass is 290 g/mol. The number of rotatable bonds is 7. The second-order valence-electron chi connectivity index (χ2n) is 5.02. The maximum atomic E-state index is 12.5. The summed E-state index contributed by atoms with van der Waals surface area (Å²) >= 11 is 0. The number of benzene rings is 1. The lowest BCUT2D eigenvalue weighted by molar-refractivity contribution is -0.385. The van der Waals surface area contributed by atoms with Crippen molar-refractivity contribution in [3.63, 3.8) is 0 Å². The van der Waals surface area contributed by atoms with E-state index in [0.717, 1.165) is 0 Å². The first kappa shape index (κ1) is 16.6. The van der Waals surface area contributed by atoms with Gasteiger partial charge >= 0.3 is 5.69 Å². The van der Waals surface area contributed by atoms with Gasteiger partial charge in [0.15, 0.2) is 5.78 Å². The Balaban J connectivity index is 3.28. The fourth-order valence-electron chi connectivity index (χ4n) is 2.04. The Kier molecular flexibility index (Phi) is 5.85. The average Bonchev–Trinajstić information content (AvgIpc) is 2.44. The van der Waals surface area contributed by atoms with Gasteiger partial charge in [0.05, 0.1) is 23.2 Å². The normalized spacial score (nSPS) is 11.8. The number of carbonyl (C=O) groups is 1. The molecule has 0 bridgehead atoms. The number of hydrogen-bond acceptors (Lipinski definition) is 5. The number of carbonyl (C=O) groups excluding carboxylic acids is 1. The van der Waals surface area contributed by atoms with Crippen LogP contribution in [0.4, 0.5) is 5.69 Å². The molecule has 0 radical (unpaired) electrons. The first-order valence-corrected chi connectivity index (χ1v) is 6.76. The Bertz CT molecular complexity index is 576. The molecular formula is C15H18N2O4. The number of nitriles is 1. The molecule has 1 rings (SSSR count). The van der Waals surface area contributed by atoms with Crippen LogP contribution in [0.1, 0.15) is 37.6 Å². The molecule has 6 heteroatoms. The zero-order valence-corrected chi connectivity index (χ0v) is 12.3. The number of nitro benzene ring substituents is 1. The quantitative estimate of drug-likeness (QED) is 0.436. The lowest BCUT2D eigenvalue weighted by Gasteiger charge is -2.14. The Labute approximate surface area is 123 Å². The van der Waals surface area contributed by atoms with Gasteiger partial charge in [-0.1, -0.05) is 19.9 Å². The van der Waals surface area contributed by atoms with E-state index in [1.165, 1.54) is 18.2 Å². The summed E-state index contributed by atoms with van der Waals surface area (Å²) in [5, 5.41) is 20.2. The second kappa shape index (κ2) is 7.39. The summed E-state index contributed by atoms with van der Waals surface area (Å²) in [5.41, 5.74) is -0.165. The summed E-state index contributed by atoms with van der Waals surface area (Å²) in [5.74, 6) is -1.14. The number of nitrogens with zero attached hydrogens (tertiary/aromatic N) is 2. The minimum absolute atomic E-state index is 0.0565. The van der Waals surface area contributed by atoms with E-state index >= 15 is 0 Å². The maximum Gasteiger partial charge on any atom is 0.311 e. The molecule has 0 aromatic heterocycles. The molecule has 0 aliphatic rings. The third-order valence-electron chi connectivity index (χ3n) is 2.92. The summed E-state index contributed by atoms with van der Waals surface area (Å²) in [4.78, 5) is 22.9. The largest absolute Gasteiger partial charge is 0.487 e. The van der Waals surface area contributed by atoms with Crippen LogP contribution < -0.4 is 4.74 Å². The minimum Gasteiger partial charge on any atom is -0.487 e. The molecule has 1 aromatic carbocycles. The number of hydrogen-bond donors (Lipinski definition) is 0. The Morgan fingerprint density at radius 3 is 2.62 bits per heavy atom. The van der Waals surface area contributed by atoms with Crippen molar-refractivity contribution in [3.8, 4) is 11.8 Å². The van der Waals surface area contributed by atoms with Crippen molar-refractivity contribution in [3.05, 3.63) is 33.9 Å². The zero-order chi connectivity index (χ0) is 16.0. The highest BCUT2D eigenvalue weighted by molar-refractivity contribution is 6.02. The van der Waals surface area contributed by atoms with Crippen molar-refractivity contribution in [2.75, 3.05) is 6.61 Å². The van der Waals surface area contributed by atoms with Crippen LogP contribution in [0.5, 0.6) is 5.75 Å². The predicted molar refractivity (Wildman–Crippen MR) is 77.2 cm³/mol. The Morgan fingerprint density at radius 1 is 1.48 bits per heavy atom. The predicted octanol–water partition coefficient (Wildman–Crippen LogP) is 3.36. The van der Waals surface area contributed by atoms with E-state index < -0.39 is 16.6 Å². The number of ether oxygens (including phenoxy) is 1. The molecule has 0 amide bonds. The molecule has 0 saturated carbocycles. The van der Waals surface area contributed by atoms with Gasteiger partial charge in [-0.05, 0) is 25.3 Å². The van der Waals surface area contributed by atoms with E-state index in [1.54, 1.807) is 6.92 Å². The molecule has 112 valence electrons. The first-order valence-electron chi connectivity index (χ1n) is 6.76. The minimum atomic E-state index is -0.828. The van der Waals surface area contributed by atoms with Crippen molar-refractivity contribution in [2.24, 2.45) is 11.8 Å². The molecule has 0 spiro atoms. The standard InChI is InChI=1S/C15H18N2O4/c1-4-21-15-12(6-5-7-13(15)17(19)20)14(18)11(9-16)8-10(2)3/h5-7,10-11H,4,8H2,1-3H3. The molecular weight excluding hydrogens is 272 g/mol. The fourth-order valence-corrected chi connectivity index (χ4v) is 2.04. The lowest BCUT2D eigenvalue weighted by Crippen LogP contribution is -2.17. The molecule has 1 atom stereocenters. The van der Waals surface area contributed by atoms with Crippen molar-refractivity contribution in [1.29, 1.82) is 5.26 Å². The van der Waals surface area contributed by atoms with Crippen molar-refractivity contribution in [1.82, 2.24) is 0 Å². The highest BCUT2D eigenvalue weighted by atomic mass is 16.6. The van der Waals surface area contributed by atoms with Crippen LogP contribution in [0.2, 0.25) is 0 Å². The smallest absolute Gasteiger partial charge is 0.311 e. The van der Waals surface area contributed by atoms with Crippen LogP contribution in [0, 0.1) is 33.3 Å². The number of nitro groups is 1. The van der Waals surface area contributed by atoms with Gasteiger partial charge in [-0.2, -0.15) is 5.26 Å². The zero-order valence-electron chi connectivity index (χ0n) is 12.3. The van der Waals surface area contributed by atoms with Crippen molar-refractivity contribution >= 4 is 11.5 Å². The molecule has 21 heavy (non-hydrogen) atoms. The van der Waals surface area contributed by atoms with Crippen LogP contribution in [0.15, 0.2) is 18.2 Å². The molecule has 0 heterocycles. The fraction of sp³-hybridized carbons (Fsp3) is 0.467. The van der Waals surface area contributed by atoms with E-state index in [4.69, 9.17) is 10.00 Å². The molecule has 1 aromatic rings. The summed E-state index contributed by atoms with van der Waals surface area (Å²) in [6, 6.07) is 6.15. The first-order chi connectivity index (χ1) is 9.92. The van der Waals surface area contributed by atoms with E-state index in [9.17, 15) is 14.9 Å². The Morgan fingerprint density at radius 2 is 2.14 bits per heavy atom. The SMILES string of the molecule is CCOc1c(C(=O)C(C#N)CC(C)C)cccc1[N+](=O)[O-]. The Hall–Kier alpha value is -2.42. The summed E-state index contributed by atoms with van der Waals surface area (Å²) < 4.78 is 5.28. The van der Waals surface area contributed by atoms with Crippen LogP contribution in [-0.2, 0) is 0 Å². The average molecular weight is 290 g/mol. The number of ketones is 1. The number of Topliss-reactive ketones (excluding diaryl/α,β-unsaturated/α-hetero) is 1. The van der Waals surface area contributed by atoms with Gasteiger partial charge in [0.1, 0.15) is 5.92 Å². The van der Waals surface area contributed by atoms with Gasteiger partial charge in [-0.15, -0.1) is 0 Å². The third kappa shape index (κ3) is 4.02. The summed E-state index contributed by atoms with van der Waals surface area (Å²) in [6.07, 6.45) is 0.406. The third-order valence-corrected chi connectivity index (χ3v) is 2.92. The van der Waals surface area contributed by atoms with E-state index in [1.807, 2.05) is 19.9 Å². The van der Waals surface area contributed by atoms with Gasteiger partial charge in [-0.3, -0.25) is 14.9 Å². The van der Waals surface area contributed by atoms with Crippen LogP contribution in [-0.4, -0.2) is 17.3 Å². The molecule has 0 aliphatic carbocycles.